The van der Waals surface area contributed by atoms with Crippen molar-refractivity contribution in [3.63, 3.8) is 0 Å². The molecule has 0 aliphatic carbocycles. The number of nitrogens with zero attached hydrogens (tertiary/aromatic N) is 2. The molecule has 0 radical (unpaired) electrons. The molecule has 0 saturated carbocycles. The van der Waals surface area contributed by atoms with Crippen LogP contribution in [0.15, 0.2) is 12.5 Å². The van der Waals surface area contributed by atoms with E-state index in [9.17, 15) is 4.79 Å². The Bertz CT molecular complexity index is 354. The van der Waals surface area contributed by atoms with E-state index in [-0.39, 0.29) is 0 Å². The number of rotatable bonds is 8. The lowest BCUT2D eigenvalue weighted by Gasteiger charge is -2.07. The molecule has 0 aliphatic heterocycles. The van der Waals surface area contributed by atoms with E-state index in [1.165, 1.54) is 5.69 Å². The number of carbonyl (C=O) groups is 1. The first-order valence-corrected chi connectivity index (χ1v) is 6.85. The minimum atomic E-state index is -0.929. The van der Waals surface area contributed by atoms with Crippen molar-refractivity contribution in [3.05, 3.63) is 18.2 Å². The van der Waals surface area contributed by atoms with Crippen LogP contribution in [0.5, 0.6) is 0 Å². The summed E-state index contributed by atoms with van der Waals surface area (Å²) < 4.78 is 2.13. The van der Waals surface area contributed by atoms with Gasteiger partial charge in [-0.15, -0.1) is 0 Å². The number of nitrogens with two attached hydrogens (primary N) is 1. The molecular weight excluding hydrogens is 238 g/mol. The summed E-state index contributed by atoms with van der Waals surface area (Å²) in [5, 5.41) is 8.63. The second-order valence-electron chi connectivity index (χ2n) is 3.86. The Morgan fingerprint density at radius 1 is 1.71 bits per heavy atom. The standard InChI is InChI=1S/C11H19N3O2S/c1-2-4-14-8-13-6-9(14)7-17-5-3-10(12)11(15)16/h6,8,10H,2-5,7,12H2,1H3,(H,15,16). The lowest BCUT2D eigenvalue weighted by Crippen LogP contribution is -2.30. The summed E-state index contributed by atoms with van der Waals surface area (Å²) in [6.45, 7) is 3.10. The van der Waals surface area contributed by atoms with E-state index in [1.54, 1.807) is 11.8 Å². The van der Waals surface area contributed by atoms with E-state index in [1.807, 2.05) is 12.5 Å². The topological polar surface area (TPSA) is 81.1 Å². The van der Waals surface area contributed by atoms with Crippen LogP contribution in [0.3, 0.4) is 0 Å². The molecule has 0 aromatic carbocycles. The molecule has 1 unspecified atom stereocenters. The normalized spacial score (nSPS) is 12.6. The molecule has 5 nitrogen and oxygen atoms in total. The molecule has 3 N–H and O–H groups in total. The van der Waals surface area contributed by atoms with Crippen LogP contribution in [-0.2, 0) is 17.1 Å². The van der Waals surface area contributed by atoms with Crippen LogP contribution in [0.1, 0.15) is 25.5 Å². The first kappa shape index (κ1) is 14.1. The van der Waals surface area contributed by atoms with Crippen LogP contribution in [0, 0.1) is 0 Å². The fourth-order valence-corrected chi connectivity index (χ4v) is 2.44. The smallest absolute Gasteiger partial charge is 0.320 e. The van der Waals surface area contributed by atoms with Gasteiger partial charge in [0.15, 0.2) is 0 Å². The molecule has 1 rings (SSSR count). The van der Waals surface area contributed by atoms with E-state index < -0.39 is 12.0 Å². The largest absolute Gasteiger partial charge is 0.480 e. The van der Waals surface area contributed by atoms with Gasteiger partial charge < -0.3 is 15.4 Å². The molecule has 6 heteroatoms. The molecule has 1 aromatic heterocycles. The molecule has 0 saturated heterocycles. The van der Waals surface area contributed by atoms with Gasteiger partial charge in [-0.05, 0) is 18.6 Å². The van der Waals surface area contributed by atoms with Crippen molar-refractivity contribution >= 4 is 17.7 Å². The third-order valence-corrected chi connectivity index (χ3v) is 3.43. The summed E-state index contributed by atoms with van der Waals surface area (Å²) in [4.78, 5) is 14.6. The predicted molar refractivity (Wildman–Crippen MR) is 68.9 cm³/mol. The third-order valence-electron chi connectivity index (χ3n) is 2.40. The number of aryl methyl sites for hydroxylation is 1. The van der Waals surface area contributed by atoms with Gasteiger partial charge in [-0.2, -0.15) is 11.8 Å². The second-order valence-corrected chi connectivity index (χ2v) is 4.97. The van der Waals surface area contributed by atoms with E-state index in [0.717, 1.165) is 24.5 Å². The third kappa shape index (κ3) is 4.79. The molecule has 1 heterocycles. The van der Waals surface area contributed by atoms with E-state index in [4.69, 9.17) is 10.8 Å². The molecule has 0 bridgehead atoms. The summed E-state index contributed by atoms with van der Waals surface area (Å²) in [6, 6.07) is -0.747. The monoisotopic (exact) mass is 257 g/mol. The van der Waals surface area contributed by atoms with Crippen LogP contribution in [0.2, 0.25) is 0 Å². The number of aliphatic carboxylic acids is 1. The number of carboxylic acids is 1. The summed E-state index contributed by atoms with van der Waals surface area (Å²) in [5.74, 6) is 0.679. The number of carboxylic acid groups (broad SMARTS) is 1. The summed E-state index contributed by atoms with van der Waals surface area (Å²) in [6.07, 6.45) is 5.28. The summed E-state index contributed by atoms with van der Waals surface area (Å²) >= 11 is 1.69. The minimum absolute atomic E-state index is 0.502. The van der Waals surface area contributed by atoms with Gasteiger partial charge in [0, 0.05) is 24.2 Å². The highest BCUT2D eigenvalue weighted by atomic mass is 32.2. The lowest BCUT2D eigenvalue weighted by atomic mass is 10.2. The van der Waals surface area contributed by atoms with Gasteiger partial charge in [-0.25, -0.2) is 4.98 Å². The average Bonchev–Trinajstić information content (AvgIpc) is 2.72. The summed E-state index contributed by atoms with van der Waals surface area (Å²) in [5.41, 5.74) is 6.60. The van der Waals surface area contributed by atoms with Crippen molar-refractivity contribution in [1.82, 2.24) is 9.55 Å². The highest BCUT2D eigenvalue weighted by Gasteiger charge is 2.10. The maximum absolute atomic E-state index is 10.5. The maximum atomic E-state index is 10.5. The highest BCUT2D eigenvalue weighted by Crippen LogP contribution is 2.13. The Morgan fingerprint density at radius 3 is 3.12 bits per heavy atom. The predicted octanol–water partition coefficient (Wildman–Crippen LogP) is 1.33. The van der Waals surface area contributed by atoms with E-state index >= 15 is 0 Å². The number of hydrogen-bond acceptors (Lipinski definition) is 4. The summed E-state index contributed by atoms with van der Waals surface area (Å²) in [7, 11) is 0. The highest BCUT2D eigenvalue weighted by molar-refractivity contribution is 7.98. The van der Waals surface area contributed by atoms with Gasteiger partial charge in [0.2, 0.25) is 0 Å². The zero-order chi connectivity index (χ0) is 12.7. The number of aromatic nitrogens is 2. The van der Waals surface area contributed by atoms with Crippen molar-refractivity contribution in [2.45, 2.75) is 38.1 Å². The molecule has 0 spiro atoms. The zero-order valence-electron chi connectivity index (χ0n) is 10.0. The zero-order valence-corrected chi connectivity index (χ0v) is 10.8. The molecule has 0 fully saturated rings. The fraction of sp³-hybridized carbons (Fsp3) is 0.636. The molecule has 96 valence electrons. The van der Waals surface area contributed by atoms with Crippen LogP contribution in [0.4, 0.5) is 0 Å². The Morgan fingerprint density at radius 2 is 2.47 bits per heavy atom. The van der Waals surface area contributed by atoms with E-state index in [2.05, 4.69) is 16.5 Å². The Balaban J connectivity index is 2.26. The van der Waals surface area contributed by atoms with E-state index in [0.29, 0.717) is 6.42 Å². The van der Waals surface area contributed by atoms with Gasteiger partial charge >= 0.3 is 5.97 Å². The van der Waals surface area contributed by atoms with Gasteiger partial charge in [0.05, 0.1) is 6.33 Å². The van der Waals surface area contributed by atoms with Gasteiger partial charge in [-0.3, -0.25) is 4.79 Å². The molecule has 1 atom stereocenters. The van der Waals surface area contributed by atoms with Gasteiger partial charge in [0.1, 0.15) is 6.04 Å². The second kappa shape index (κ2) is 7.34. The van der Waals surface area contributed by atoms with Crippen LogP contribution >= 0.6 is 11.8 Å². The maximum Gasteiger partial charge on any atom is 0.320 e. The van der Waals surface area contributed by atoms with Crippen LogP contribution in [0.25, 0.3) is 0 Å². The Labute approximate surface area is 105 Å². The molecule has 1 aromatic rings. The molecule has 17 heavy (non-hydrogen) atoms. The first-order chi connectivity index (χ1) is 8.15. The minimum Gasteiger partial charge on any atom is -0.480 e. The average molecular weight is 257 g/mol. The number of hydrogen-bond donors (Lipinski definition) is 2. The fourth-order valence-electron chi connectivity index (χ4n) is 1.42. The van der Waals surface area contributed by atoms with Gasteiger partial charge in [-0.1, -0.05) is 6.92 Å². The van der Waals surface area contributed by atoms with Crippen molar-refractivity contribution in [1.29, 1.82) is 0 Å². The molecular formula is C11H19N3O2S. The van der Waals surface area contributed by atoms with Crippen molar-refractivity contribution in [2.24, 2.45) is 5.73 Å². The number of imidazole rings is 1. The molecule has 0 aliphatic rings. The quantitative estimate of drug-likeness (QED) is 0.687. The first-order valence-electron chi connectivity index (χ1n) is 5.70. The Hall–Kier alpha value is -1.01. The lowest BCUT2D eigenvalue weighted by molar-refractivity contribution is -0.138. The van der Waals surface area contributed by atoms with Crippen LogP contribution in [-0.4, -0.2) is 32.4 Å². The molecule has 0 amide bonds. The SMILES string of the molecule is CCCn1cncc1CSCCC(N)C(=O)O. The number of thioether (sulfide) groups is 1. The van der Waals surface area contributed by atoms with Crippen molar-refractivity contribution < 1.29 is 9.90 Å². The van der Waals surface area contributed by atoms with Gasteiger partial charge in [0.25, 0.3) is 0 Å². The van der Waals surface area contributed by atoms with Crippen LogP contribution < -0.4 is 5.73 Å². The van der Waals surface area contributed by atoms with Crippen molar-refractivity contribution in [2.75, 3.05) is 5.75 Å². The van der Waals surface area contributed by atoms with Crippen molar-refractivity contribution in [3.8, 4) is 0 Å². The Kier molecular flexibility index (Phi) is 6.07.